The number of fused-ring (bicyclic) bond motifs is 3. The van der Waals surface area contributed by atoms with Crippen LogP contribution in [0.15, 0.2) is 72.8 Å². The molecular formula is C29H31NO4. The van der Waals surface area contributed by atoms with E-state index < -0.39 is 18.1 Å². The molecule has 0 bridgehead atoms. The molecule has 0 saturated heterocycles. The lowest BCUT2D eigenvalue weighted by molar-refractivity contribution is -0.137. The first-order chi connectivity index (χ1) is 16.2. The highest BCUT2D eigenvalue weighted by Crippen LogP contribution is 2.44. The van der Waals surface area contributed by atoms with Crippen molar-refractivity contribution in [1.82, 2.24) is 5.32 Å². The highest BCUT2D eigenvalue weighted by Gasteiger charge is 2.29. The Balaban J connectivity index is 1.41. The van der Waals surface area contributed by atoms with Crippen molar-refractivity contribution in [3.63, 3.8) is 0 Å². The van der Waals surface area contributed by atoms with Crippen LogP contribution in [0.2, 0.25) is 0 Å². The van der Waals surface area contributed by atoms with Crippen LogP contribution in [-0.4, -0.2) is 29.8 Å². The second kappa shape index (κ2) is 9.72. The lowest BCUT2D eigenvalue weighted by Gasteiger charge is -2.21. The zero-order valence-corrected chi connectivity index (χ0v) is 19.9. The predicted octanol–water partition coefficient (Wildman–Crippen LogP) is 5.91. The Morgan fingerprint density at radius 1 is 0.912 bits per heavy atom. The van der Waals surface area contributed by atoms with Crippen LogP contribution in [0, 0.1) is 0 Å². The molecule has 0 heterocycles. The van der Waals surface area contributed by atoms with Crippen molar-refractivity contribution in [2.75, 3.05) is 6.61 Å². The van der Waals surface area contributed by atoms with Gasteiger partial charge in [0.1, 0.15) is 6.61 Å². The average molecular weight is 458 g/mol. The molecule has 1 aliphatic rings. The van der Waals surface area contributed by atoms with Crippen LogP contribution < -0.4 is 5.32 Å². The van der Waals surface area contributed by atoms with E-state index in [0.717, 1.165) is 27.8 Å². The van der Waals surface area contributed by atoms with Crippen molar-refractivity contribution in [2.24, 2.45) is 0 Å². The molecule has 3 aromatic carbocycles. The van der Waals surface area contributed by atoms with Crippen LogP contribution in [0.4, 0.5) is 4.79 Å². The number of rotatable bonds is 7. The van der Waals surface area contributed by atoms with E-state index in [-0.39, 0.29) is 24.4 Å². The van der Waals surface area contributed by atoms with Gasteiger partial charge in [-0.05, 0) is 45.2 Å². The van der Waals surface area contributed by atoms with Crippen molar-refractivity contribution >= 4 is 12.1 Å². The number of amides is 1. The van der Waals surface area contributed by atoms with Crippen molar-refractivity contribution in [3.05, 3.63) is 95.1 Å². The fourth-order valence-corrected chi connectivity index (χ4v) is 4.62. The summed E-state index contributed by atoms with van der Waals surface area (Å²) in [5.41, 5.74) is 6.81. The lowest BCUT2D eigenvalue weighted by atomic mass is 9.86. The molecule has 1 atom stereocenters. The Labute approximate surface area is 200 Å². The van der Waals surface area contributed by atoms with Crippen molar-refractivity contribution in [1.29, 1.82) is 0 Å². The van der Waals surface area contributed by atoms with Crippen LogP contribution in [0.5, 0.6) is 0 Å². The maximum absolute atomic E-state index is 12.7. The van der Waals surface area contributed by atoms with Crippen LogP contribution in [0.3, 0.4) is 0 Å². The van der Waals surface area contributed by atoms with Gasteiger partial charge in [-0.1, -0.05) is 93.6 Å². The standard InChI is InChI=1S/C29H31NO4/c1-29(2,3)20-14-12-19(13-15-20)16-21(17-27(31)32)30-28(33)34-18-26-24-10-6-4-8-22(24)23-9-5-7-11-25(23)26/h4-15,21,26H,16-18H2,1-3H3,(H,30,33)(H,31,32)/t21-/m1/s1. The van der Waals surface area contributed by atoms with Crippen LogP contribution >= 0.6 is 0 Å². The molecule has 0 aromatic heterocycles. The van der Waals surface area contributed by atoms with Crippen LogP contribution in [0.1, 0.15) is 55.4 Å². The quantitative estimate of drug-likeness (QED) is 0.463. The van der Waals surface area contributed by atoms with E-state index in [9.17, 15) is 14.7 Å². The van der Waals surface area contributed by atoms with Crippen LogP contribution in [0.25, 0.3) is 11.1 Å². The van der Waals surface area contributed by atoms with Gasteiger partial charge < -0.3 is 15.2 Å². The van der Waals surface area contributed by atoms with E-state index in [1.807, 2.05) is 36.4 Å². The van der Waals surface area contributed by atoms with Crippen molar-refractivity contribution < 1.29 is 19.4 Å². The zero-order valence-electron chi connectivity index (χ0n) is 19.9. The van der Waals surface area contributed by atoms with E-state index >= 15 is 0 Å². The van der Waals surface area contributed by atoms with E-state index in [2.05, 4.69) is 62.5 Å². The Morgan fingerprint density at radius 3 is 2.00 bits per heavy atom. The molecule has 0 spiro atoms. The number of hydrogen-bond acceptors (Lipinski definition) is 3. The van der Waals surface area contributed by atoms with Crippen molar-refractivity contribution in [3.8, 4) is 11.1 Å². The molecule has 3 aromatic rings. The minimum atomic E-state index is -0.963. The summed E-state index contributed by atoms with van der Waals surface area (Å²) in [6, 6.07) is 23.8. The number of hydrogen-bond donors (Lipinski definition) is 2. The molecule has 0 aliphatic heterocycles. The average Bonchev–Trinajstić information content (AvgIpc) is 3.11. The Bertz CT molecular complexity index is 1130. The number of carbonyl (C=O) groups is 2. The number of ether oxygens (including phenoxy) is 1. The number of carboxylic acids is 1. The maximum Gasteiger partial charge on any atom is 0.407 e. The molecule has 0 fully saturated rings. The van der Waals surface area contributed by atoms with Crippen molar-refractivity contribution in [2.45, 2.75) is 51.0 Å². The minimum Gasteiger partial charge on any atom is -0.481 e. The highest BCUT2D eigenvalue weighted by molar-refractivity contribution is 5.79. The van der Waals surface area contributed by atoms with Gasteiger partial charge in [-0.25, -0.2) is 4.79 Å². The predicted molar refractivity (Wildman–Crippen MR) is 133 cm³/mol. The summed E-state index contributed by atoms with van der Waals surface area (Å²) in [6.45, 7) is 6.63. The number of aliphatic carboxylic acids is 1. The number of alkyl carbamates (subject to hydrolysis) is 1. The monoisotopic (exact) mass is 457 g/mol. The minimum absolute atomic E-state index is 0.0402. The van der Waals surface area contributed by atoms with Crippen LogP contribution in [-0.2, 0) is 21.4 Å². The SMILES string of the molecule is CC(C)(C)c1ccc(C[C@H](CC(=O)O)NC(=O)OCC2c3ccccc3-c3ccccc32)cc1. The fourth-order valence-electron chi connectivity index (χ4n) is 4.62. The van der Waals surface area contributed by atoms with Gasteiger partial charge in [-0.3, -0.25) is 4.79 Å². The largest absolute Gasteiger partial charge is 0.481 e. The van der Waals surface area contributed by atoms with E-state index in [1.165, 1.54) is 5.56 Å². The van der Waals surface area contributed by atoms with Gasteiger partial charge in [0.25, 0.3) is 0 Å². The Hall–Kier alpha value is -3.60. The Morgan fingerprint density at radius 2 is 1.47 bits per heavy atom. The number of carboxylic acid groups (broad SMARTS) is 1. The first-order valence-electron chi connectivity index (χ1n) is 11.6. The number of benzene rings is 3. The molecule has 34 heavy (non-hydrogen) atoms. The second-order valence-electron chi connectivity index (χ2n) is 9.92. The lowest BCUT2D eigenvalue weighted by Crippen LogP contribution is -2.39. The van der Waals surface area contributed by atoms with E-state index in [0.29, 0.717) is 6.42 Å². The summed E-state index contributed by atoms with van der Waals surface area (Å²) >= 11 is 0. The molecular weight excluding hydrogens is 426 g/mol. The first kappa shape index (κ1) is 23.6. The summed E-state index contributed by atoms with van der Waals surface area (Å²) in [5.74, 6) is -1.00. The molecule has 4 rings (SSSR count). The molecule has 1 aliphatic carbocycles. The number of nitrogens with one attached hydrogen (secondary N) is 1. The molecule has 5 heteroatoms. The van der Waals surface area contributed by atoms with Gasteiger partial charge in [0.05, 0.1) is 6.42 Å². The smallest absolute Gasteiger partial charge is 0.407 e. The Kier molecular flexibility index (Phi) is 6.73. The number of carbonyl (C=O) groups excluding carboxylic acids is 1. The fraction of sp³-hybridized carbons (Fsp3) is 0.310. The van der Waals surface area contributed by atoms with Gasteiger partial charge in [-0.2, -0.15) is 0 Å². The molecule has 0 saturated carbocycles. The first-order valence-corrected chi connectivity index (χ1v) is 11.6. The zero-order chi connectivity index (χ0) is 24.3. The topological polar surface area (TPSA) is 75.6 Å². The van der Waals surface area contributed by atoms with E-state index in [4.69, 9.17) is 4.74 Å². The van der Waals surface area contributed by atoms with Gasteiger partial charge in [-0.15, -0.1) is 0 Å². The highest BCUT2D eigenvalue weighted by atomic mass is 16.5. The summed E-state index contributed by atoms with van der Waals surface area (Å²) in [5, 5.41) is 12.1. The van der Waals surface area contributed by atoms with Gasteiger partial charge >= 0.3 is 12.1 Å². The summed E-state index contributed by atoms with van der Waals surface area (Å²) < 4.78 is 5.61. The second-order valence-corrected chi connectivity index (χ2v) is 9.92. The van der Waals surface area contributed by atoms with Gasteiger partial charge in [0, 0.05) is 12.0 Å². The summed E-state index contributed by atoms with van der Waals surface area (Å²) in [6.07, 6.45) is -0.356. The van der Waals surface area contributed by atoms with Gasteiger partial charge in [0.15, 0.2) is 0 Å². The molecule has 5 nitrogen and oxygen atoms in total. The third-order valence-corrected chi connectivity index (χ3v) is 6.39. The normalized spacial score (nSPS) is 13.6. The molecule has 1 amide bonds. The maximum atomic E-state index is 12.7. The summed E-state index contributed by atoms with van der Waals surface area (Å²) in [7, 11) is 0. The van der Waals surface area contributed by atoms with Gasteiger partial charge in [0.2, 0.25) is 0 Å². The third kappa shape index (κ3) is 5.30. The summed E-state index contributed by atoms with van der Waals surface area (Å²) in [4.78, 5) is 24.1. The molecule has 0 unspecified atom stereocenters. The van der Waals surface area contributed by atoms with E-state index in [1.54, 1.807) is 0 Å². The molecule has 2 N–H and O–H groups in total. The third-order valence-electron chi connectivity index (χ3n) is 6.39. The molecule has 0 radical (unpaired) electrons. The molecule has 176 valence electrons.